The fourth-order valence-electron chi connectivity index (χ4n) is 4.34. The van der Waals surface area contributed by atoms with Crippen LogP contribution in [0.2, 0.25) is 0 Å². The van der Waals surface area contributed by atoms with Gasteiger partial charge < -0.3 is 0 Å². The Hall–Kier alpha value is -2.74. The van der Waals surface area contributed by atoms with Gasteiger partial charge in [-0.05, 0) is 48.2 Å². The van der Waals surface area contributed by atoms with E-state index in [1.807, 2.05) is 6.07 Å². The molecule has 31 heavy (non-hydrogen) atoms. The minimum atomic E-state index is -3.36. The molecule has 1 aliphatic carbocycles. The molecule has 1 amide bonds. The molecule has 0 aromatic heterocycles. The minimum absolute atomic E-state index is 0.000626. The molecule has 1 fully saturated rings. The highest BCUT2D eigenvalue weighted by molar-refractivity contribution is 7.92. The molecule has 1 N–H and O–H groups in total. The Morgan fingerprint density at radius 2 is 1.81 bits per heavy atom. The number of anilines is 1. The maximum Gasteiger partial charge on any atom is 0.246 e. The molecule has 2 aromatic carbocycles. The Kier molecular flexibility index (Phi) is 6.09. The van der Waals surface area contributed by atoms with Crippen molar-refractivity contribution in [2.24, 2.45) is 11.0 Å². The average Bonchev–Trinajstić information content (AvgIpc) is 3.19. The molecule has 0 unspecified atom stereocenters. The van der Waals surface area contributed by atoms with Crippen LogP contribution in [0.1, 0.15) is 55.7 Å². The summed E-state index contributed by atoms with van der Waals surface area (Å²) in [6.07, 6.45) is 6.53. The summed E-state index contributed by atoms with van der Waals surface area (Å²) >= 11 is 0. The van der Waals surface area contributed by atoms with Crippen LogP contribution in [0.3, 0.4) is 0 Å². The van der Waals surface area contributed by atoms with Crippen LogP contribution < -0.4 is 4.72 Å². The van der Waals surface area contributed by atoms with Gasteiger partial charge in [-0.3, -0.25) is 9.52 Å². The number of amides is 1. The Labute approximate surface area is 182 Å². The Bertz CT molecular complexity index is 1090. The third-order valence-corrected chi connectivity index (χ3v) is 6.45. The third kappa shape index (κ3) is 5.12. The summed E-state index contributed by atoms with van der Waals surface area (Å²) in [7, 11) is -3.36. The summed E-state index contributed by atoms with van der Waals surface area (Å²) in [5.41, 5.74) is 2.71. The van der Waals surface area contributed by atoms with E-state index in [-0.39, 0.29) is 23.7 Å². The predicted octanol–water partition coefficient (Wildman–Crippen LogP) is 4.46. The highest BCUT2D eigenvalue weighted by Crippen LogP contribution is 2.36. The lowest BCUT2D eigenvalue weighted by molar-refractivity contribution is -0.138. The Morgan fingerprint density at radius 3 is 2.45 bits per heavy atom. The first-order chi connectivity index (χ1) is 14.8. The quantitative estimate of drug-likeness (QED) is 0.741. The Morgan fingerprint density at radius 1 is 1.10 bits per heavy atom. The van der Waals surface area contributed by atoms with Crippen LogP contribution in [0.25, 0.3) is 0 Å². The fourth-order valence-corrected chi connectivity index (χ4v) is 4.91. The van der Waals surface area contributed by atoms with E-state index in [9.17, 15) is 17.6 Å². The van der Waals surface area contributed by atoms with Crippen molar-refractivity contribution in [3.63, 3.8) is 0 Å². The molecular weight excluding hydrogens is 417 g/mol. The molecule has 1 aliphatic heterocycles. The molecule has 164 valence electrons. The SMILES string of the molecule is CS(=O)(=O)Nc1ccc(C2=NN(C(=O)C3CCCCC3)[C@H](c3cccc(F)c3)C2)cc1. The third-order valence-electron chi connectivity index (χ3n) is 5.85. The molecule has 2 aromatic rings. The van der Waals surface area contributed by atoms with Crippen LogP contribution in [-0.2, 0) is 14.8 Å². The summed E-state index contributed by atoms with van der Waals surface area (Å²) in [5.74, 6) is -0.388. The second-order valence-electron chi connectivity index (χ2n) is 8.29. The lowest BCUT2D eigenvalue weighted by Gasteiger charge is -2.28. The van der Waals surface area contributed by atoms with Crippen LogP contribution >= 0.6 is 0 Å². The zero-order chi connectivity index (χ0) is 22.0. The molecule has 6 nitrogen and oxygen atoms in total. The van der Waals surface area contributed by atoms with Gasteiger partial charge in [-0.15, -0.1) is 0 Å². The maximum atomic E-state index is 13.9. The standard InChI is InChI=1S/C23H26FN3O3S/c1-31(29,30)26-20-12-10-16(11-13-20)21-15-22(18-8-5-9-19(24)14-18)27(25-21)23(28)17-6-3-2-4-7-17/h5,8-14,17,22,26H,2-4,6-7,15H2,1H3/t22-/m0/s1. The molecule has 0 bridgehead atoms. The molecule has 8 heteroatoms. The predicted molar refractivity (Wildman–Crippen MR) is 119 cm³/mol. The van der Waals surface area contributed by atoms with Crippen LogP contribution in [-0.4, -0.2) is 31.3 Å². The molecule has 1 heterocycles. The normalized spacial score (nSPS) is 19.9. The molecule has 1 saturated carbocycles. The molecule has 0 radical (unpaired) electrons. The van der Waals surface area contributed by atoms with E-state index in [4.69, 9.17) is 0 Å². The highest BCUT2D eigenvalue weighted by Gasteiger charge is 2.36. The number of rotatable bonds is 5. The number of nitrogens with one attached hydrogen (secondary N) is 1. The monoisotopic (exact) mass is 443 g/mol. The average molecular weight is 444 g/mol. The van der Waals surface area contributed by atoms with Gasteiger partial charge in [0.05, 0.1) is 18.0 Å². The summed E-state index contributed by atoms with van der Waals surface area (Å²) in [6, 6.07) is 12.9. The van der Waals surface area contributed by atoms with Gasteiger partial charge in [0, 0.05) is 18.0 Å². The van der Waals surface area contributed by atoms with Gasteiger partial charge in [0.2, 0.25) is 15.9 Å². The first kappa shape index (κ1) is 21.5. The number of nitrogens with zero attached hydrogens (tertiary/aromatic N) is 2. The highest BCUT2D eigenvalue weighted by atomic mass is 32.2. The fraction of sp³-hybridized carbons (Fsp3) is 0.391. The van der Waals surface area contributed by atoms with E-state index in [0.717, 1.165) is 55.2 Å². The van der Waals surface area contributed by atoms with E-state index in [1.165, 1.54) is 12.1 Å². The lowest BCUT2D eigenvalue weighted by Crippen LogP contribution is -2.34. The first-order valence-corrected chi connectivity index (χ1v) is 12.4. The number of hydrazone groups is 1. The van der Waals surface area contributed by atoms with E-state index < -0.39 is 10.0 Å². The van der Waals surface area contributed by atoms with Gasteiger partial charge in [-0.25, -0.2) is 17.8 Å². The Balaban J connectivity index is 1.63. The van der Waals surface area contributed by atoms with Crippen LogP contribution in [0.5, 0.6) is 0 Å². The van der Waals surface area contributed by atoms with Crippen LogP contribution in [0.15, 0.2) is 53.6 Å². The second-order valence-corrected chi connectivity index (χ2v) is 10.0. The molecule has 1 atom stereocenters. The zero-order valence-corrected chi connectivity index (χ0v) is 18.2. The van der Waals surface area contributed by atoms with Crippen LogP contribution in [0, 0.1) is 11.7 Å². The first-order valence-electron chi connectivity index (χ1n) is 10.5. The van der Waals surface area contributed by atoms with Gasteiger partial charge >= 0.3 is 0 Å². The summed E-state index contributed by atoms with van der Waals surface area (Å²) in [4.78, 5) is 13.3. The van der Waals surface area contributed by atoms with Gasteiger partial charge in [0.1, 0.15) is 5.82 Å². The second kappa shape index (κ2) is 8.78. The van der Waals surface area contributed by atoms with Gasteiger partial charge in [-0.2, -0.15) is 5.10 Å². The molecule has 0 saturated heterocycles. The van der Waals surface area contributed by atoms with Gasteiger partial charge in [-0.1, -0.05) is 43.5 Å². The van der Waals surface area contributed by atoms with Crippen molar-refractivity contribution in [1.82, 2.24) is 5.01 Å². The number of carbonyl (C=O) groups is 1. The van der Waals surface area contributed by atoms with E-state index in [1.54, 1.807) is 35.3 Å². The number of sulfonamides is 1. The molecule has 4 rings (SSSR count). The number of hydrogen-bond acceptors (Lipinski definition) is 4. The number of hydrogen-bond donors (Lipinski definition) is 1. The van der Waals surface area contributed by atoms with Crippen molar-refractivity contribution in [3.05, 3.63) is 65.5 Å². The van der Waals surface area contributed by atoms with E-state index >= 15 is 0 Å². The molecular formula is C23H26FN3O3S. The van der Waals surface area contributed by atoms with Crippen molar-refractivity contribution in [2.45, 2.75) is 44.6 Å². The van der Waals surface area contributed by atoms with Gasteiger partial charge in [0.15, 0.2) is 0 Å². The van der Waals surface area contributed by atoms with Crippen molar-refractivity contribution in [2.75, 3.05) is 11.0 Å². The van der Waals surface area contributed by atoms with Crippen LogP contribution in [0.4, 0.5) is 10.1 Å². The summed E-state index contributed by atoms with van der Waals surface area (Å²) in [5, 5.41) is 6.21. The number of halogens is 1. The molecule has 0 spiro atoms. The number of carbonyl (C=O) groups excluding carboxylic acids is 1. The molecule has 2 aliphatic rings. The van der Waals surface area contributed by atoms with Crippen molar-refractivity contribution >= 4 is 27.3 Å². The lowest BCUT2D eigenvalue weighted by atomic mass is 9.88. The maximum absolute atomic E-state index is 13.9. The van der Waals surface area contributed by atoms with Gasteiger partial charge in [0.25, 0.3) is 0 Å². The summed E-state index contributed by atoms with van der Waals surface area (Å²) in [6.45, 7) is 0. The van der Waals surface area contributed by atoms with Crippen molar-refractivity contribution in [1.29, 1.82) is 0 Å². The van der Waals surface area contributed by atoms with E-state index in [2.05, 4.69) is 9.82 Å². The van der Waals surface area contributed by atoms with Crippen molar-refractivity contribution in [3.8, 4) is 0 Å². The zero-order valence-electron chi connectivity index (χ0n) is 17.4. The smallest absolute Gasteiger partial charge is 0.246 e. The number of benzene rings is 2. The minimum Gasteiger partial charge on any atom is -0.284 e. The van der Waals surface area contributed by atoms with E-state index in [0.29, 0.717) is 12.1 Å². The largest absolute Gasteiger partial charge is 0.284 e. The summed E-state index contributed by atoms with van der Waals surface area (Å²) < 4.78 is 39.2. The van der Waals surface area contributed by atoms with Crippen molar-refractivity contribution < 1.29 is 17.6 Å². The topological polar surface area (TPSA) is 78.8 Å².